The van der Waals surface area contributed by atoms with Crippen LogP contribution in [0.25, 0.3) is 0 Å². The smallest absolute Gasteiger partial charge is 0.262 e. The molecule has 0 aliphatic rings. The Kier molecular flexibility index (Phi) is 7.32. The van der Waals surface area contributed by atoms with Gasteiger partial charge in [-0.3, -0.25) is 9.52 Å². The molecule has 0 saturated carbocycles. The van der Waals surface area contributed by atoms with Gasteiger partial charge in [0, 0.05) is 5.69 Å². The van der Waals surface area contributed by atoms with E-state index in [4.69, 9.17) is 9.47 Å². The van der Waals surface area contributed by atoms with E-state index in [9.17, 15) is 17.6 Å². The first-order chi connectivity index (χ1) is 15.3. The van der Waals surface area contributed by atoms with E-state index in [0.717, 1.165) is 12.1 Å². The number of hydrogen-bond acceptors (Lipinski definition) is 5. The van der Waals surface area contributed by atoms with Crippen LogP contribution in [0.3, 0.4) is 0 Å². The minimum Gasteiger partial charge on any atom is -0.492 e. The van der Waals surface area contributed by atoms with E-state index in [1.165, 1.54) is 30.3 Å². The second-order valence-electron chi connectivity index (χ2n) is 6.81. The number of carbonyl (C=O) groups is 1. The maximum atomic E-state index is 13.0. The van der Waals surface area contributed by atoms with Crippen LogP contribution in [0, 0.1) is 12.7 Å². The van der Waals surface area contributed by atoms with Gasteiger partial charge in [-0.25, -0.2) is 12.8 Å². The lowest BCUT2D eigenvalue weighted by Gasteiger charge is -2.13. The summed E-state index contributed by atoms with van der Waals surface area (Å²) in [4.78, 5) is 12.3. The minimum absolute atomic E-state index is 0.0155. The summed E-state index contributed by atoms with van der Waals surface area (Å²) in [6.07, 6.45) is 0. The first kappa shape index (κ1) is 23.1. The van der Waals surface area contributed by atoms with Crippen molar-refractivity contribution in [2.75, 3.05) is 23.3 Å². The summed E-state index contributed by atoms with van der Waals surface area (Å²) in [5.41, 5.74) is 1.32. The van der Waals surface area contributed by atoms with E-state index >= 15 is 0 Å². The lowest BCUT2D eigenvalue weighted by Crippen LogP contribution is -2.21. The van der Waals surface area contributed by atoms with Gasteiger partial charge in [0.25, 0.3) is 15.9 Å². The number of benzene rings is 3. The second kappa shape index (κ2) is 10.1. The molecule has 0 atom stereocenters. The minimum atomic E-state index is -3.87. The number of amides is 1. The van der Waals surface area contributed by atoms with Crippen LogP contribution in [-0.2, 0) is 14.8 Å². The highest BCUT2D eigenvalue weighted by Crippen LogP contribution is 2.25. The molecule has 7 nitrogen and oxygen atoms in total. The quantitative estimate of drug-likeness (QED) is 0.497. The Balaban J connectivity index is 1.64. The molecule has 3 aromatic carbocycles. The van der Waals surface area contributed by atoms with Gasteiger partial charge in [-0.1, -0.05) is 12.1 Å². The van der Waals surface area contributed by atoms with Crippen molar-refractivity contribution < 1.29 is 27.1 Å². The molecule has 0 fully saturated rings. The average molecular weight is 459 g/mol. The summed E-state index contributed by atoms with van der Waals surface area (Å²) in [5.74, 6) is 0.0867. The molecule has 0 aliphatic carbocycles. The highest BCUT2D eigenvalue weighted by Gasteiger charge is 2.16. The molecule has 0 unspecified atom stereocenters. The highest BCUT2D eigenvalue weighted by molar-refractivity contribution is 7.92. The van der Waals surface area contributed by atoms with Crippen molar-refractivity contribution in [3.63, 3.8) is 0 Å². The monoisotopic (exact) mass is 458 g/mol. The van der Waals surface area contributed by atoms with Crippen molar-refractivity contribution in [1.29, 1.82) is 0 Å². The first-order valence-electron chi connectivity index (χ1n) is 9.82. The zero-order chi connectivity index (χ0) is 23.1. The number of anilines is 2. The third-order valence-corrected chi connectivity index (χ3v) is 5.75. The predicted octanol–water partition coefficient (Wildman–Crippen LogP) is 4.35. The number of sulfonamides is 1. The number of rotatable bonds is 9. The van der Waals surface area contributed by atoms with E-state index in [-0.39, 0.29) is 23.1 Å². The van der Waals surface area contributed by atoms with Gasteiger partial charge in [-0.05, 0) is 74.0 Å². The lowest BCUT2D eigenvalue weighted by molar-refractivity contribution is -0.118. The molecule has 1 amide bonds. The third-order valence-electron chi connectivity index (χ3n) is 4.37. The van der Waals surface area contributed by atoms with Crippen LogP contribution in [0.4, 0.5) is 15.8 Å². The summed E-state index contributed by atoms with van der Waals surface area (Å²) < 4.78 is 51.6. The predicted molar refractivity (Wildman–Crippen MR) is 120 cm³/mol. The van der Waals surface area contributed by atoms with Crippen LogP contribution in [0.1, 0.15) is 12.5 Å². The van der Waals surface area contributed by atoms with Crippen LogP contribution >= 0.6 is 0 Å². The average Bonchev–Trinajstić information content (AvgIpc) is 2.76. The van der Waals surface area contributed by atoms with Crippen LogP contribution in [0.5, 0.6) is 11.5 Å². The lowest BCUT2D eigenvalue weighted by atomic mass is 10.2. The standard InChI is InChI=1S/C23H23FN2O5S/c1-3-30-22-7-5-4-6-20(22)25-23(27)15-31-21-13-12-19(14-16(21)2)32(28,29)26-18-10-8-17(24)9-11-18/h4-14,26H,3,15H2,1-2H3,(H,25,27). The van der Waals surface area contributed by atoms with E-state index in [0.29, 0.717) is 29.4 Å². The van der Waals surface area contributed by atoms with Gasteiger partial charge in [0.1, 0.15) is 17.3 Å². The number of hydrogen-bond donors (Lipinski definition) is 2. The Bertz CT molecular complexity index is 1200. The van der Waals surface area contributed by atoms with Gasteiger partial charge < -0.3 is 14.8 Å². The molecule has 0 saturated heterocycles. The van der Waals surface area contributed by atoms with Gasteiger partial charge in [0.15, 0.2) is 6.61 Å². The van der Waals surface area contributed by atoms with E-state index in [1.807, 2.05) is 6.92 Å². The molecular weight excluding hydrogens is 435 g/mol. The Morgan fingerprint density at radius 3 is 2.38 bits per heavy atom. The van der Waals surface area contributed by atoms with E-state index in [2.05, 4.69) is 10.0 Å². The maximum Gasteiger partial charge on any atom is 0.262 e. The summed E-state index contributed by atoms with van der Waals surface area (Å²) in [7, 11) is -3.87. The van der Waals surface area contributed by atoms with Crippen molar-refractivity contribution in [2.24, 2.45) is 0 Å². The van der Waals surface area contributed by atoms with Crippen molar-refractivity contribution in [1.82, 2.24) is 0 Å². The van der Waals surface area contributed by atoms with Crippen LogP contribution in [0.15, 0.2) is 71.6 Å². The Hall–Kier alpha value is -3.59. The second-order valence-corrected chi connectivity index (χ2v) is 8.49. The fourth-order valence-electron chi connectivity index (χ4n) is 2.86. The molecule has 3 aromatic rings. The topological polar surface area (TPSA) is 93.7 Å². The number of aryl methyl sites for hydroxylation is 1. The van der Waals surface area contributed by atoms with Crippen molar-refractivity contribution >= 4 is 27.3 Å². The molecule has 9 heteroatoms. The van der Waals surface area contributed by atoms with E-state index in [1.54, 1.807) is 31.2 Å². The van der Waals surface area contributed by atoms with Crippen LogP contribution in [-0.4, -0.2) is 27.5 Å². The van der Waals surface area contributed by atoms with Crippen molar-refractivity contribution in [3.8, 4) is 11.5 Å². The molecule has 0 heterocycles. The molecule has 0 radical (unpaired) electrons. The van der Waals surface area contributed by atoms with Gasteiger partial charge in [-0.2, -0.15) is 0 Å². The Labute approximate surface area is 186 Å². The zero-order valence-corrected chi connectivity index (χ0v) is 18.4. The van der Waals surface area contributed by atoms with Gasteiger partial charge in [0.2, 0.25) is 0 Å². The van der Waals surface area contributed by atoms with Gasteiger partial charge in [-0.15, -0.1) is 0 Å². The summed E-state index contributed by atoms with van der Waals surface area (Å²) in [6.45, 7) is 3.73. The Morgan fingerprint density at radius 1 is 0.969 bits per heavy atom. The summed E-state index contributed by atoms with van der Waals surface area (Å²) in [5, 5.41) is 2.73. The van der Waals surface area contributed by atoms with Gasteiger partial charge in [0.05, 0.1) is 17.2 Å². The SMILES string of the molecule is CCOc1ccccc1NC(=O)COc1ccc(S(=O)(=O)Nc2ccc(F)cc2)cc1C. The van der Waals surface area contributed by atoms with Crippen LogP contribution in [0.2, 0.25) is 0 Å². The number of ether oxygens (including phenoxy) is 2. The molecule has 0 aromatic heterocycles. The number of carbonyl (C=O) groups excluding carboxylic acids is 1. The van der Waals surface area contributed by atoms with Crippen molar-refractivity contribution in [3.05, 3.63) is 78.1 Å². The molecule has 32 heavy (non-hydrogen) atoms. The summed E-state index contributed by atoms with van der Waals surface area (Å²) in [6, 6.07) is 16.3. The van der Waals surface area contributed by atoms with Crippen LogP contribution < -0.4 is 19.5 Å². The molecule has 3 rings (SSSR count). The highest BCUT2D eigenvalue weighted by atomic mass is 32.2. The summed E-state index contributed by atoms with van der Waals surface area (Å²) >= 11 is 0. The molecule has 0 bridgehead atoms. The Morgan fingerprint density at radius 2 is 1.69 bits per heavy atom. The molecule has 2 N–H and O–H groups in total. The third kappa shape index (κ3) is 5.98. The molecular formula is C23H23FN2O5S. The van der Waals surface area contributed by atoms with Crippen molar-refractivity contribution in [2.45, 2.75) is 18.7 Å². The maximum absolute atomic E-state index is 13.0. The molecule has 168 valence electrons. The molecule has 0 aliphatic heterocycles. The molecule has 0 spiro atoms. The van der Waals surface area contributed by atoms with E-state index < -0.39 is 15.8 Å². The zero-order valence-electron chi connectivity index (χ0n) is 17.6. The first-order valence-corrected chi connectivity index (χ1v) is 11.3. The largest absolute Gasteiger partial charge is 0.492 e. The fourth-order valence-corrected chi connectivity index (χ4v) is 4.01. The number of nitrogens with one attached hydrogen (secondary N) is 2. The van der Waals surface area contributed by atoms with Gasteiger partial charge >= 0.3 is 0 Å². The normalized spacial score (nSPS) is 11.0. The number of halogens is 1. The fraction of sp³-hybridized carbons (Fsp3) is 0.174. The number of para-hydroxylation sites is 2.